The van der Waals surface area contributed by atoms with E-state index in [2.05, 4.69) is 20.4 Å². The van der Waals surface area contributed by atoms with Gasteiger partial charge in [-0.05, 0) is 43.3 Å². The fourth-order valence-corrected chi connectivity index (χ4v) is 2.65. The molecule has 150 valence electrons. The maximum absolute atomic E-state index is 12.7. The predicted octanol–water partition coefficient (Wildman–Crippen LogP) is 3.89. The largest absolute Gasteiger partial charge is 0.459 e. The van der Waals surface area contributed by atoms with Crippen molar-refractivity contribution in [3.8, 4) is 11.4 Å². The number of anilines is 1. The van der Waals surface area contributed by atoms with Gasteiger partial charge >= 0.3 is 5.97 Å². The van der Waals surface area contributed by atoms with Crippen LogP contribution in [0.25, 0.3) is 11.4 Å². The Hall–Kier alpha value is -4.27. The number of ether oxygens (including phenoxy) is 1. The van der Waals surface area contributed by atoms with Gasteiger partial charge < -0.3 is 19.0 Å². The van der Waals surface area contributed by atoms with E-state index in [-0.39, 0.29) is 22.9 Å². The highest BCUT2D eigenvalue weighted by molar-refractivity contribution is 6.06. The van der Waals surface area contributed by atoms with E-state index in [4.69, 9.17) is 13.7 Å². The molecule has 0 spiro atoms. The highest BCUT2D eigenvalue weighted by Gasteiger charge is 2.22. The Morgan fingerprint density at radius 3 is 2.73 bits per heavy atom. The van der Waals surface area contributed by atoms with Gasteiger partial charge in [0.1, 0.15) is 0 Å². The molecule has 1 atom stereocenters. The fourth-order valence-electron chi connectivity index (χ4n) is 2.65. The number of benzene rings is 1. The number of hydrogen-bond acceptors (Lipinski definition) is 8. The van der Waals surface area contributed by atoms with E-state index in [1.54, 1.807) is 61.8 Å². The van der Waals surface area contributed by atoms with Gasteiger partial charge in [0.05, 0.1) is 17.5 Å². The van der Waals surface area contributed by atoms with Gasteiger partial charge in [0, 0.05) is 18.0 Å². The molecule has 0 aliphatic heterocycles. The Labute approximate surface area is 170 Å². The number of nitrogens with one attached hydrogen (secondary N) is 1. The summed E-state index contributed by atoms with van der Waals surface area (Å²) in [7, 11) is 0. The number of amides is 1. The predicted molar refractivity (Wildman–Crippen MR) is 104 cm³/mol. The molecular formula is C21H16N4O5. The highest BCUT2D eigenvalue weighted by atomic mass is 16.6. The zero-order chi connectivity index (χ0) is 20.9. The lowest BCUT2D eigenvalue weighted by Gasteiger charge is -2.12. The number of pyridine rings is 1. The summed E-state index contributed by atoms with van der Waals surface area (Å²) < 4.78 is 15.7. The minimum Gasteiger partial charge on any atom is -0.459 e. The molecule has 3 heterocycles. The van der Waals surface area contributed by atoms with Crippen LogP contribution in [0.5, 0.6) is 0 Å². The quantitative estimate of drug-likeness (QED) is 0.481. The van der Waals surface area contributed by atoms with Crippen LogP contribution in [0.15, 0.2) is 76.1 Å². The zero-order valence-corrected chi connectivity index (χ0v) is 15.8. The van der Waals surface area contributed by atoms with Crippen molar-refractivity contribution in [2.75, 3.05) is 5.32 Å². The van der Waals surface area contributed by atoms with Crippen LogP contribution in [0.3, 0.4) is 0 Å². The van der Waals surface area contributed by atoms with Gasteiger partial charge in [0.15, 0.2) is 11.9 Å². The number of hydrogen-bond donors (Lipinski definition) is 1. The lowest BCUT2D eigenvalue weighted by Crippen LogP contribution is -2.16. The molecule has 0 aliphatic carbocycles. The SMILES string of the molecule is C[C@H](OC(=O)c1ccccc1NC(=O)c1ccco1)c1nc(-c2cccnc2)no1. The second-order valence-electron chi connectivity index (χ2n) is 6.22. The van der Waals surface area contributed by atoms with E-state index >= 15 is 0 Å². The smallest absolute Gasteiger partial charge is 0.341 e. The molecular weight excluding hydrogens is 388 g/mol. The van der Waals surface area contributed by atoms with Gasteiger partial charge in [-0.3, -0.25) is 9.78 Å². The molecule has 0 bridgehead atoms. The van der Waals surface area contributed by atoms with Crippen molar-refractivity contribution >= 4 is 17.6 Å². The number of carbonyl (C=O) groups is 2. The van der Waals surface area contributed by atoms with Crippen LogP contribution in [-0.4, -0.2) is 27.0 Å². The minimum atomic E-state index is -0.802. The summed E-state index contributed by atoms with van der Waals surface area (Å²) in [4.78, 5) is 33.2. The molecule has 30 heavy (non-hydrogen) atoms. The third kappa shape index (κ3) is 4.09. The fraction of sp³-hybridized carbons (Fsp3) is 0.0952. The molecule has 0 radical (unpaired) electrons. The molecule has 0 aliphatic rings. The molecule has 0 saturated carbocycles. The Bertz CT molecular complexity index is 1160. The van der Waals surface area contributed by atoms with Crippen molar-refractivity contribution in [1.29, 1.82) is 0 Å². The zero-order valence-electron chi connectivity index (χ0n) is 15.8. The van der Waals surface area contributed by atoms with Crippen LogP contribution in [0.4, 0.5) is 5.69 Å². The van der Waals surface area contributed by atoms with E-state index in [0.29, 0.717) is 11.4 Å². The first-order chi connectivity index (χ1) is 14.6. The molecule has 3 aromatic heterocycles. The molecule has 1 aromatic carbocycles. The molecule has 9 heteroatoms. The lowest BCUT2D eigenvalue weighted by atomic mass is 10.1. The number of rotatable bonds is 6. The number of esters is 1. The first kappa shape index (κ1) is 19.1. The third-order valence-corrected chi connectivity index (χ3v) is 4.13. The molecule has 0 saturated heterocycles. The maximum Gasteiger partial charge on any atom is 0.341 e. The average molecular weight is 404 g/mol. The molecule has 0 fully saturated rings. The summed E-state index contributed by atoms with van der Waals surface area (Å²) in [6.07, 6.45) is 3.82. The van der Waals surface area contributed by atoms with E-state index < -0.39 is 18.0 Å². The molecule has 4 rings (SSSR count). The van der Waals surface area contributed by atoms with Gasteiger partial charge in [-0.25, -0.2) is 4.79 Å². The Morgan fingerprint density at radius 1 is 1.10 bits per heavy atom. The first-order valence-electron chi connectivity index (χ1n) is 9.00. The number of nitrogens with zero attached hydrogens (tertiary/aromatic N) is 3. The van der Waals surface area contributed by atoms with Crippen molar-refractivity contribution < 1.29 is 23.3 Å². The number of para-hydroxylation sites is 1. The number of furan rings is 1. The third-order valence-electron chi connectivity index (χ3n) is 4.13. The Kier molecular flexibility index (Phi) is 5.33. The normalized spacial score (nSPS) is 11.6. The van der Waals surface area contributed by atoms with Crippen molar-refractivity contribution in [1.82, 2.24) is 15.1 Å². The number of carbonyl (C=O) groups excluding carboxylic acids is 2. The van der Waals surface area contributed by atoms with Crippen LogP contribution >= 0.6 is 0 Å². The van der Waals surface area contributed by atoms with Gasteiger partial charge in [0.2, 0.25) is 5.82 Å². The monoisotopic (exact) mass is 404 g/mol. The molecule has 4 aromatic rings. The summed E-state index contributed by atoms with van der Waals surface area (Å²) in [5.41, 5.74) is 1.14. The van der Waals surface area contributed by atoms with Gasteiger partial charge in [0.25, 0.3) is 11.8 Å². The van der Waals surface area contributed by atoms with Crippen LogP contribution in [-0.2, 0) is 4.74 Å². The Balaban J connectivity index is 1.48. The van der Waals surface area contributed by atoms with Gasteiger partial charge in [-0.1, -0.05) is 17.3 Å². The van der Waals surface area contributed by atoms with Crippen LogP contribution in [0.1, 0.15) is 39.8 Å². The summed E-state index contributed by atoms with van der Waals surface area (Å²) in [6.45, 7) is 1.61. The first-order valence-corrected chi connectivity index (χ1v) is 9.00. The van der Waals surface area contributed by atoms with Crippen molar-refractivity contribution in [2.45, 2.75) is 13.0 Å². The van der Waals surface area contributed by atoms with E-state index in [9.17, 15) is 9.59 Å². The summed E-state index contributed by atoms with van der Waals surface area (Å²) >= 11 is 0. The van der Waals surface area contributed by atoms with E-state index in [1.807, 2.05) is 0 Å². The topological polar surface area (TPSA) is 120 Å². The Morgan fingerprint density at radius 2 is 1.97 bits per heavy atom. The summed E-state index contributed by atoms with van der Waals surface area (Å²) in [6, 6.07) is 13.2. The van der Waals surface area contributed by atoms with E-state index in [0.717, 1.165) is 0 Å². The number of aromatic nitrogens is 3. The van der Waals surface area contributed by atoms with Crippen LogP contribution < -0.4 is 5.32 Å². The lowest BCUT2D eigenvalue weighted by molar-refractivity contribution is 0.0266. The van der Waals surface area contributed by atoms with Crippen LogP contribution in [0.2, 0.25) is 0 Å². The second kappa shape index (κ2) is 8.39. The van der Waals surface area contributed by atoms with Crippen LogP contribution in [0, 0.1) is 0 Å². The second-order valence-corrected chi connectivity index (χ2v) is 6.22. The maximum atomic E-state index is 12.7. The highest BCUT2D eigenvalue weighted by Crippen LogP contribution is 2.23. The van der Waals surface area contributed by atoms with Crippen molar-refractivity contribution in [3.63, 3.8) is 0 Å². The average Bonchev–Trinajstić information content (AvgIpc) is 3.47. The standard InChI is InChI=1S/C21H16N4O5/c1-13(20-24-18(25-30-20)14-6-4-10-22-12-14)29-21(27)15-7-2-3-8-16(15)23-19(26)17-9-5-11-28-17/h2-13H,1H3,(H,23,26)/t13-/m0/s1. The van der Waals surface area contributed by atoms with Crippen molar-refractivity contribution in [3.05, 3.63) is 84.4 Å². The van der Waals surface area contributed by atoms with Crippen molar-refractivity contribution in [2.24, 2.45) is 0 Å². The van der Waals surface area contributed by atoms with E-state index in [1.165, 1.54) is 12.3 Å². The van der Waals surface area contributed by atoms with Gasteiger partial charge in [-0.15, -0.1) is 0 Å². The molecule has 0 unspecified atom stereocenters. The summed E-state index contributed by atoms with van der Waals surface area (Å²) in [5, 5.41) is 6.53. The van der Waals surface area contributed by atoms with Gasteiger partial charge in [-0.2, -0.15) is 4.98 Å². The molecule has 9 nitrogen and oxygen atoms in total. The molecule has 1 N–H and O–H groups in total. The summed E-state index contributed by atoms with van der Waals surface area (Å²) in [5.74, 6) is -0.531. The molecule has 1 amide bonds. The minimum absolute atomic E-state index is 0.125.